The zero-order valence-corrected chi connectivity index (χ0v) is 9.49. The van der Waals surface area contributed by atoms with Gasteiger partial charge in [-0.1, -0.05) is 19.8 Å². The van der Waals surface area contributed by atoms with E-state index in [2.05, 4.69) is 17.3 Å². The van der Waals surface area contributed by atoms with Gasteiger partial charge in [-0.15, -0.1) is 0 Å². The molecule has 1 aliphatic rings. The molecular weight excluding hydrogens is 205 g/mol. The summed E-state index contributed by atoms with van der Waals surface area (Å²) in [6.45, 7) is 2.23. The lowest BCUT2D eigenvalue weighted by atomic mass is 9.87. The lowest BCUT2D eigenvalue weighted by molar-refractivity contribution is 0.303. The molecule has 1 aromatic rings. The fourth-order valence-corrected chi connectivity index (χ4v) is 2.73. The quantitative estimate of drug-likeness (QED) is 0.610. The third kappa shape index (κ3) is 2.23. The van der Waals surface area contributed by atoms with Gasteiger partial charge in [0.15, 0.2) is 0 Å². The van der Waals surface area contributed by atoms with Gasteiger partial charge in [-0.05, 0) is 29.9 Å². The van der Waals surface area contributed by atoms with E-state index >= 15 is 0 Å². The summed E-state index contributed by atoms with van der Waals surface area (Å²) in [6.07, 6.45) is 6.51. The van der Waals surface area contributed by atoms with Crippen molar-refractivity contribution < 1.29 is 4.39 Å². The average molecular weight is 223 g/mol. The molecule has 0 amide bonds. The zero-order chi connectivity index (χ0) is 11.5. The molecule has 2 rings (SSSR count). The van der Waals surface area contributed by atoms with Crippen molar-refractivity contribution in [3.63, 3.8) is 0 Å². The van der Waals surface area contributed by atoms with Crippen LogP contribution in [-0.2, 0) is 0 Å². The molecular formula is C12H18FN3. The number of nitrogens with two attached hydrogens (primary N) is 1. The van der Waals surface area contributed by atoms with Crippen LogP contribution in [-0.4, -0.2) is 4.98 Å². The maximum Gasteiger partial charge on any atom is 0.141 e. The van der Waals surface area contributed by atoms with Crippen molar-refractivity contribution in [2.75, 3.05) is 0 Å². The summed E-state index contributed by atoms with van der Waals surface area (Å²) in [5, 5.41) is 0. The van der Waals surface area contributed by atoms with E-state index in [-0.39, 0.29) is 11.9 Å². The Morgan fingerprint density at radius 1 is 1.50 bits per heavy atom. The summed E-state index contributed by atoms with van der Waals surface area (Å²) in [4.78, 5) is 3.88. The molecule has 16 heavy (non-hydrogen) atoms. The highest BCUT2D eigenvalue weighted by molar-refractivity contribution is 5.16. The maximum atomic E-state index is 13.1. The van der Waals surface area contributed by atoms with Crippen LogP contribution in [0.1, 0.15) is 37.8 Å². The molecule has 3 unspecified atom stereocenters. The molecule has 0 saturated heterocycles. The normalized spacial score (nSPS) is 26.9. The number of nitrogens with one attached hydrogen (secondary N) is 1. The fourth-order valence-electron chi connectivity index (χ4n) is 2.73. The van der Waals surface area contributed by atoms with E-state index < -0.39 is 0 Å². The molecule has 0 aliphatic heterocycles. The highest BCUT2D eigenvalue weighted by Crippen LogP contribution is 2.39. The lowest BCUT2D eigenvalue weighted by Crippen LogP contribution is -2.34. The molecule has 1 fully saturated rings. The van der Waals surface area contributed by atoms with Gasteiger partial charge in [0.25, 0.3) is 0 Å². The number of hydrogen-bond donors (Lipinski definition) is 2. The summed E-state index contributed by atoms with van der Waals surface area (Å²) in [5.41, 5.74) is 3.66. The molecule has 3 atom stereocenters. The van der Waals surface area contributed by atoms with E-state index in [4.69, 9.17) is 5.84 Å². The second kappa shape index (κ2) is 4.89. The second-order valence-electron chi connectivity index (χ2n) is 4.65. The third-order valence-electron chi connectivity index (χ3n) is 3.62. The first-order valence-corrected chi connectivity index (χ1v) is 5.79. The fraction of sp³-hybridized carbons (Fsp3) is 0.583. The van der Waals surface area contributed by atoms with E-state index in [1.54, 1.807) is 6.20 Å². The SMILES string of the molecule is CC1CCCC1C(NN)c1cncc(F)c1. The van der Waals surface area contributed by atoms with E-state index in [1.165, 1.54) is 25.1 Å². The molecule has 4 heteroatoms. The van der Waals surface area contributed by atoms with Crippen molar-refractivity contribution >= 4 is 0 Å². The Labute approximate surface area is 95.2 Å². The standard InChI is InChI=1S/C12H18FN3/c1-8-3-2-4-11(8)12(16-14)9-5-10(13)7-15-6-9/h5-8,11-12,16H,2-4,14H2,1H3. The van der Waals surface area contributed by atoms with Gasteiger partial charge in [-0.25, -0.2) is 4.39 Å². The second-order valence-corrected chi connectivity index (χ2v) is 4.65. The highest BCUT2D eigenvalue weighted by Gasteiger charge is 2.31. The van der Waals surface area contributed by atoms with Gasteiger partial charge in [-0.3, -0.25) is 16.3 Å². The van der Waals surface area contributed by atoms with Crippen LogP contribution >= 0.6 is 0 Å². The molecule has 0 spiro atoms. The minimum absolute atomic E-state index is 0.0145. The Morgan fingerprint density at radius 3 is 2.88 bits per heavy atom. The lowest BCUT2D eigenvalue weighted by Gasteiger charge is -2.26. The first kappa shape index (κ1) is 11.5. The Kier molecular flexibility index (Phi) is 3.51. The molecule has 0 radical (unpaired) electrons. The van der Waals surface area contributed by atoms with Gasteiger partial charge >= 0.3 is 0 Å². The number of pyridine rings is 1. The first-order chi connectivity index (χ1) is 7.72. The summed E-state index contributed by atoms with van der Waals surface area (Å²) in [5.74, 6) is 6.40. The number of nitrogens with zero attached hydrogens (tertiary/aromatic N) is 1. The first-order valence-electron chi connectivity index (χ1n) is 5.79. The smallest absolute Gasteiger partial charge is 0.141 e. The molecule has 1 saturated carbocycles. The van der Waals surface area contributed by atoms with Crippen LogP contribution < -0.4 is 11.3 Å². The molecule has 88 valence electrons. The minimum Gasteiger partial charge on any atom is -0.271 e. The Hall–Kier alpha value is -1.00. The van der Waals surface area contributed by atoms with Gasteiger partial charge in [-0.2, -0.15) is 0 Å². The molecule has 1 aliphatic carbocycles. The third-order valence-corrected chi connectivity index (χ3v) is 3.62. The van der Waals surface area contributed by atoms with E-state index in [0.717, 1.165) is 12.0 Å². The molecule has 0 aromatic carbocycles. The Balaban J connectivity index is 2.21. The predicted octanol–water partition coefficient (Wildman–Crippen LogP) is 2.16. The zero-order valence-electron chi connectivity index (χ0n) is 9.49. The monoisotopic (exact) mass is 223 g/mol. The van der Waals surface area contributed by atoms with Crippen LogP contribution in [0.2, 0.25) is 0 Å². The predicted molar refractivity (Wildman–Crippen MR) is 60.8 cm³/mol. The maximum absolute atomic E-state index is 13.1. The van der Waals surface area contributed by atoms with E-state index in [0.29, 0.717) is 11.8 Å². The molecule has 0 bridgehead atoms. The van der Waals surface area contributed by atoms with Crippen LogP contribution in [0, 0.1) is 17.7 Å². The highest BCUT2D eigenvalue weighted by atomic mass is 19.1. The van der Waals surface area contributed by atoms with Crippen molar-refractivity contribution in [1.29, 1.82) is 0 Å². The van der Waals surface area contributed by atoms with Crippen molar-refractivity contribution in [2.45, 2.75) is 32.2 Å². The summed E-state index contributed by atoms with van der Waals surface area (Å²) < 4.78 is 13.1. The minimum atomic E-state index is -0.302. The largest absolute Gasteiger partial charge is 0.271 e. The Morgan fingerprint density at radius 2 is 2.31 bits per heavy atom. The van der Waals surface area contributed by atoms with Crippen molar-refractivity contribution in [1.82, 2.24) is 10.4 Å². The van der Waals surface area contributed by atoms with Gasteiger partial charge in [0.1, 0.15) is 5.82 Å². The van der Waals surface area contributed by atoms with E-state index in [9.17, 15) is 4.39 Å². The van der Waals surface area contributed by atoms with Crippen LogP contribution in [0.15, 0.2) is 18.5 Å². The van der Waals surface area contributed by atoms with Gasteiger partial charge < -0.3 is 0 Å². The summed E-state index contributed by atoms with van der Waals surface area (Å²) in [6, 6.07) is 1.53. The van der Waals surface area contributed by atoms with Crippen LogP contribution in [0.25, 0.3) is 0 Å². The molecule has 3 N–H and O–H groups in total. The summed E-state index contributed by atoms with van der Waals surface area (Å²) >= 11 is 0. The van der Waals surface area contributed by atoms with Crippen LogP contribution in [0.5, 0.6) is 0 Å². The average Bonchev–Trinajstić information content (AvgIpc) is 2.67. The van der Waals surface area contributed by atoms with Crippen molar-refractivity contribution in [2.24, 2.45) is 17.7 Å². The number of hydrazine groups is 1. The van der Waals surface area contributed by atoms with Crippen molar-refractivity contribution in [3.8, 4) is 0 Å². The van der Waals surface area contributed by atoms with E-state index in [1.807, 2.05) is 0 Å². The number of halogens is 1. The van der Waals surface area contributed by atoms with Gasteiger partial charge in [0, 0.05) is 6.20 Å². The van der Waals surface area contributed by atoms with Gasteiger partial charge in [0.2, 0.25) is 0 Å². The number of hydrogen-bond acceptors (Lipinski definition) is 3. The van der Waals surface area contributed by atoms with Crippen LogP contribution in [0.4, 0.5) is 4.39 Å². The van der Waals surface area contributed by atoms with Crippen LogP contribution in [0.3, 0.4) is 0 Å². The molecule has 3 nitrogen and oxygen atoms in total. The topological polar surface area (TPSA) is 50.9 Å². The molecule has 1 heterocycles. The number of aromatic nitrogens is 1. The summed E-state index contributed by atoms with van der Waals surface area (Å²) in [7, 11) is 0. The number of rotatable bonds is 3. The molecule has 1 aromatic heterocycles. The van der Waals surface area contributed by atoms with Crippen molar-refractivity contribution in [3.05, 3.63) is 29.8 Å². The Bertz CT molecular complexity index is 356. The van der Waals surface area contributed by atoms with Gasteiger partial charge in [0.05, 0.1) is 12.2 Å².